The van der Waals surface area contributed by atoms with Gasteiger partial charge in [0.25, 0.3) is 0 Å². The van der Waals surface area contributed by atoms with E-state index in [9.17, 15) is 0 Å². The highest BCUT2D eigenvalue weighted by Crippen LogP contribution is 2.38. The van der Waals surface area contributed by atoms with Gasteiger partial charge >= 0.3 is 0 Å². The first kappa shape index (κ1) is 16.8. The van der Waals surface area contributed by atoms with Crippen molar-refractivity contribution in [1.29, 1.82) is 0 Å². The van der Waals surface area contributed by atoms with Gasteiger partial charge in [-0.25, -0.2) is 0 Å². The molecule has 2 heteroatoms. The van der Waals surface area contributed by atoms with Gasteiger partial charge in [0.2, 0.25) is 0 Å². The molecule has 0 spiro atoms. The average molecular weight is 308 g/mol. The third kappa shape index (κ3) is 4.72. The maximum atomic E-state index is 5.99. The van der Waals surface area contributed by atoms with Gasteiger partial charge in [0.1, 0.15) is 0 Å². The van der Waals surface area contributed by atoms with Crippen molar-refractivity contribution >= 4 is 11.6 Å². The maximum absolute atomic E-state index is 5.99. The molecule has 0 amide bonds. The van der Waals surface area contributed by atoms with E-state index in [1.54, 1.807) is 0 Å². The van der Waals surface area contributed by atoms with E-state index < -0.39 is 0 Å². The molecule has 1 aliphatic rings. The Morgan fingerprint density at radius 1 is 1.10 bits per heavy atom. The van der Waals surface area contributed by atoms with E-state index in [2.05, 4.69) is 45.1 Å². The predicted octanol–water partition coefficient (Wildman–Crippen LogP) is 5.99. The molecule has 0 aliphatic heterocycles. The van der Waals surface area contributed by atoms with Crippen LogP contribution >= 0.6 is 11.6 Å². The average Bonchev–Trinajstić information content (AvgIpc) is 2.45. The zero-order chi connectivity index (χ0) is 15.5. The van der Waals surface area contributed by atoms with Crippen LogP contribution in [0.3, 0.4) is 0 Å². The Kier molecular flexibility index (Phi) is 5.73. The maximum Gasteiger partial charge on any atom is 0.0406 e. The summed E-state index contributed by atoms with van der Waals surface area (Å²) in [5.74, 6) is 0.881. The molecule has 1 nitrogen and oxygen atoms in total. The number of benzene rings is 1. The molecular weight excluding hydrogens is 278 g/mol. The molecule has 0 heterocycles. The summed E-state index contributed by atoms with van der Waals surface area (Å²) in [5, 5.41) is 4.69. The summed E-state index contributed by atoms with van der Waals surface area (Å²) in [5.41, 5.74) is 1.82. The van der Waals surface area contributed by atoms with Crippen molar-refractivity contribution < 1.29 is 0 Å². The Morgan fingerprint density at radius 3 is 2.14 bits per heavy atom. The van der Waals surface area contributed by atoms with E-state index in [-0.39, 0.29) is 0 Å². The van der Waals surface area contributed by atoms with Gasteiger partial charge in [-0.1, -0.05) is 51.4 Å². The zero-order valence-electron chi connectivity index (χ0n) is 14.0. The number of nitrogens with one attached hydrogen (secondary N) is 1. The van der Waals surface area contributed by atoms with Crippen LogP contribution in [0, 0.1) is 11.3 Å². The Labute approximate surface area is 135 Å². The van der Waals surface area contributed by atoms with Crippen LogP contribution in [0.1, 0.15) is 71.4 Å². The van der Waals surface area contributed by atoms with Crippen molar-refractivity contribution in [3.05, 3.63) is 34.9 Å². The Hall–Kier alpha value is -0.530. The summed E-state index contributed by atoms with van der Waals surface area (Å²) >= 11 is 5.99. The van der Waals surface area contributed by atoms with Crippen molar-refractivity contribution in [2.24, 2.45) is 11.3 Å². The van der Waals surface area contributed by atoms with Gasteiger partial charge in [-0.3, -0.25) is 0 Å². The quantitative estimate of drug-likeness (QED) is 0.721. The molecule has 0 bridgehead atoms. The van der Waals surface area contributed by atoms with E-state index in [4.69, 9.17) is 11.6 Å². The predicted molar refractivity (Wildman–Crippen MR) is 92.8 cm³/mol. The first-order valence-corrected chi connectivity index (χ1v) is 8.79. The van der Waals surface area contributed by atoms with Gasteiger partial charge in [-0.05, 0) is 61.1 Å². The Bertz CT molecular complexity index is 424. The third-order valence-electron chi connectivity index (χ3n) is 5.07. The monoisotopic (exact) mass is 307 g/mol. The largest absolute Gasteiger partial charge is 0.307 e. The molecule has 21 heavy (non-hydrogen) atoms. The van der Waals surface area contributed by atoms with Gasteiger partial charge < -0.3 is 5.32 Å². The van der Waals surface area contributed by atoms with Crippen LogP contribution in [0.2, 0.25) is 5.02 Å². The van der Waals surface area contributed by atoms with Crippen molar-refractivity contribution in [2.75, 3.05) is 0 Å². The molecule has 1 aliphatic carbocycles. The smallest absolute Gasteiger partial charge is 0.0406 e. The van der Waals surface area contributed by atoms with Gasteiger partial charge in [0, 0.05) is 17.1 Å². The summed E-state index contributed by atoms with van der Waals surface area (Å²) in [6.45, 7) is 9.41. The minimum atomic E-state index is 0.457. The van der Waals surface area contributed by atoms with E-state index in [1.807, 2.05) is 12.1 Å². The van der Waals surface area contributed by atoms with E-state index in [0.29, 0.717) is 17.5 Å². The summed E-state index contributed by atoms with van der Waals surface area (Å²) in [4.78, 5) is 0. The molecule has 2 rings (SSSR count). The van der Waals surface area contributed by atoms with Crippen LogP contribution in [0.25, 0.3) is 0 Å². The van der Waals surface area contributed by atoms with Crippen molar-refractivity contribution in [3.8, 4) is 0 Å². The molecule has 1 N–H and O–H groups in total. The molecule has 1 unspecified atom stereocenters. The first-order chi connectivity index (χ1) is 9.90. The van der Waals surface area contributed by atoms with Gasteiger partial charge in [0.05, 0.1) is 0 Å². The molecule has 1 atom stereocenters. The molecule has 1 fully saturated rings. The lowest BCUT2D eigenvalue weighted by Gasteiger charge is -2.38. The second-order valence-corrected chi connectivity index (χ2v) is 8.03. The Balaban J connectivity index is 1.90. The van der Waals surface area contributed by atoms with E-state index in [1.165, 1.54) is 31.2 Å². The zero-order valence-corrected chi connectivity index (χ0v) is 14.7. The van der Waals surface area contributed by atoms with Crippen LogP contribution in [0.5, 0.6) is 0 Å². The highest BCUT2D eigenvalue weighted by molar-refractivity contribution is 6.30. The molecule has 1 aromatic carbocycles. The molecule has 1 aromatic rings. The number of halogens is 1. The normalized spacial score (nSPS) is 24.8. The molecule has 1 saturated carbocycles. The molecule has 0 saturated heterocycles. The number of hydrogen-bond donors (Lipinski definition) is 1. The first-order valence-electron chi connectivity index (χ1n) is 8.41. The van der Waals surface area contributed by atoms with Crippen LogP contribution in [0.15, 0.2) is 24.3 Å². The van der Waals surface area contributed by atoms with Crippen molar-refractivity contribution in [3.63, 3.8) is 0 Å². The standard InChI is InChI=1S/C19H30ClN/c1-5-18(14-6-10-16(20)11-7-14)21-17-12-8-15(9-13-17)19(2,3)4/h6-7,10-11,15,17-18,21H,5,8-9,12-13H2,1-4H3. The van der Waals surface area contributed by atoms with Gasteiger partial charge in [-0.15, -0.1) is 0 Å². The lowest BCUT2D eigenvalue weighted by Crippen LogP contribution is -2.38. The van der Waals surface area contributed by atoms with Crippen molar-refractivity contribution in [2.45, 2.75) is 71.9 Å². The van der Waals surface area contributed by atoms with Gasteiger partial charge in [-0.2, -0.15) is 0 Å². The lowest BCUT2D eigenvalue weighted by molar-refractivity contribution is 0.155. The second kappa shape index (κ2) is 7.15. The fraction of sp³-hybridized carbons (Fsp3) is 0.684. The summed E-state index contributed by atoms with van der Waals surface area (Å²) in [6.07, 6.45) is 6.47. The van der Waals surface area contributed by atoms with Crippen LogP contribution < -0.4 is 5.32 Å². The minimum absolute atomic E-state index is 0.457. The lowest BCUT2D eigenvalue weighted by atomic mass is 9.71. The van der Waals surface area contributed by atoms with Crippen molar-refractivity contribution in [1.82, 2.24) is 5.32 Å². The third-order valence-corrected chi connectivity index (χ3v) is 5.32. The highest BCUT2D eigenvalue weighted by atomic mass is 35.5. The summed E-state index contributed by atoms with van der Waals surface area (Å²) < 4.78 is 0. The number of rotatable bonds is 4. The number of hydrogen-bond acceptors (Lipinski definition) is 1. The fourth-order valence-electron chi connectivity index (χ4n) is 3.56. The SMILES string of the molecule is CCC(NC1CCC(C(C)(C)C)CC1)c1ccc(Cl)cc1. The fourth-order valence-corrected chi connectivity index (χ4v) is 3.68. The van der Waals surface area contributed by atoms with Gasteiger partial charge in [0.15, 0.2) is 0 Å². The van der Waals surface area contributed by atoms with Crippen LogP contribution in [-0.4, -0.2) is 6.04 Å². The topological polar surface area (TPSA) is 12.0 Å². The summed E-state index contributed by atoms with van der Waals surface area (Å²) in [6, 6.07) is 9.44. The summed E-state index contributed by atoms with van der Waals surface area (Å²) in [7, 11) is 0. The molecule has 118 valence electrons. The highest BCUT2D eigenvalue weighted by Gasteiger charge is 2.30. The van der Waals surface area contributed by atoms with E-state index in [0.717, 1.165) is 17.4 Å². The Morgan fingerprint density at radius 2 is 1.67 bits per heavy atom. The van der Waals surface area contributed by atoms with E-state index >= 15 is 0 Å². The van der Waals surface area contributed by atoms with Crippen LogP contribution in [0.4, 0.5) is 0 Å². The second-order valence-electron chi connectivity index (χ2n) is 7.59. The molecule has 0 aromatic heterocycles. The van der Waals surface area contributed by atoms with Crippen LogP contribution in [-0.2, 0) is 0 Å². The minimum Gasteiger partial charge on any atom is -0.307 e. The molecule has 0 radical (unpaired) electrons. The molecular formula is C19H30ClN.